The summed E-state index contributed by atoms with van der Waals surface area (Å²) in [4.78, 5) is 0. The number of unbranched alkanes of at least 4 members (excludes halogenated alkanes) is 9. The van der Waals surface area contributed by atoms with Gasteiger partial charge in [0.05, 0.1) is 0 Å². The SMILES string of the molecule is CCCCCCCCCCCCc1cc(O)cc(C(C)(C)C)c1O. The fourth-order valence-corrected chi connectivity index (χ4v) is 3.24. The molecule has 0 amide bonds. The van der Waals surface area contributed by atoms with E-state index in [1.165, 1.54) is 57.8 Å². The van der Waals surface area contributed by atoms with Gasteiger partial charge in [-0.1, -0.05) is 85.5 Å². The quantitative estimate of drug-likeness (QED) is 0.343. The molecular weight excluding hydrogens is 296 g/mol. The third kappa shape index (κ3) is 7.59. The number of hydrogen-bond acceptors (Lipinski definition) is 2. The van der Waals surface area contributed by atoms with Gasteiger partial charge in [0.25, 0.3) is 0 Å². The van der Waals surface area contributed by atoms with Crippen LogP contribution in [0.3, 0.4) is 0 Å². The smallest absolute Gasteiger partial charge is 0.122 e. The molecule has 0 atom stereocenters. The molecule has 0 bridgehead atoms. The molecule has 0 heterocycles. The van der Waals surface area contributed by atoms with Crippen LogP contribution in [-0.2, 0) is 11.8 Å². The van der Waals surface area contributed by atoms with Crippen LogP contribution in [0.4, 0.5) is 0 Å². The maximum absolute atomic E-state index is 10.5. The van der Waals surface area contributed by atoms with Gasteiger partial charge in [-0.25, -0.2) is 0 Å². The van der Waals surface area contributed by atoms with Crippen molar-refractivity contribution in [3.8, 4) is 11.5 Å². The zero-order chi connectivity index (χ0) is 18.0. The number of aromatic hydroxyl groups is 2. The van der Waals surface area contributed by atoms with Gasteiger partial charge in [0.1, 0.15) is 11.5 Å². The van der Waals surface area contributed by atoms with Gasteiger partial charge in [-0.2, -0.15) is 0 Å². The van der Waals surface area contributed by atoms with E-state index < -0.39 is 0 Å². The van der Waals surface area contributed by atoms with Crippen LogP contribution in [0.2, 0.25) is 0 Å². The van der Waals surface area contributed by atoms with Crippen LogP contribution in [0.15, 0.2) is 12.1 Å². The second-order valence-electron chi connectivity index (χ2n) is 8.18. The van der Waals surface area contributed by atoms with Crippen LogP contribution in [0.5, 0.6) is 11.5 Å². The van der Waals surface area contributed by atoms with Gasteiger partial charge >= 0.3 is 0 Å². The van der Waals surface area contributed by atoms with Crippen LogP contribution >= 0.6 is 0 Å². The number of phenolic OH excluding ortho intramolecular Hbond substituents is 2. The second-order valence-corrected chi connectivity index (χ2v) is 8.18. The minimum atomic E-state index is -0.157. The minimum absolute atomic E-state index is 0.157. The van der Waals surface area contributed by atoms with E-state index in [4.69, 9.17) is 0 Å². The molecule has 0 unspecified atom stereocenters. The molecule has 24 heavy (non-hydrogen) atoms. The fourth-order valence-electron chi connectivity index (χ4n) is 3.24. The minimum Gasteiger partial charge on any atom is -0.508 e. The second kappa shape index (κ2) is 10.6. The zero-order valence-electron chi connectivity index (χ0n) is 16.3. The van der Waals surface area contributed by atoms with Gasteiger partial charge in [-0.05, 0) is 36.0 Å². The summed E-state index contributed by atoms with van der Waals surface area (Å²) in [7, 11) is 0. The van der Waals surface area contributed by atoms with Gasteiger partial charge in [0.2, 0.25) is 0 Å². The monoisotopic (exact) mass is 334 g/mol. The van der Waals surface area contributed by atoms with Crippen molar-refractivity contribution in [2.75, 3.05) is 0 Å². The highest BCUT2D eigenvalue weighted by atomic mass is 16.3. The Morgan fingerprint density at radius 1 is 0.750 bits per heavy atom. The molecule has 1 aromatic carbocycles. The summed E-state index contributed by atoms with van der Waals surface area (Å²) in [6, 6.07) is 3.41. The Morgan fingerprint density at radius 3 is 1.75 bits per heavy atom. The largest absolute Gasteiger partial charge is 0.508 e. The number of phenols is 2. The summed E-state index contributed by atoms with van der Waals surface area (Å²) >= 11 is 0. The van der Waals surface area contributed by atoms with Crippen molar-refractivity contribution in [2.45, 2.75) is 104 Å². The predicted octanol–water partition coefficient (Wildman–Crippen LogP) is 6.86. The molecule has 2 heteroatoms. The summed E-state index contributed by atoms with van der Waals surface area (Å²) in [5, 5.41) is 20.4. The lowest BCUT2D eigenvalue weighted by atomic mass is 9.84. The van der Waals surface area contributed by atoms with E-state index >= 15 is 0 Å². The molecule has 2 N–H and O–H groups in total. The number of aryl methyl sites for hydroxylation is 1. The lowest BCUT2D eigenvalue weighted by molar-refractivity contribution is 0.427. The first-order valence-corrected chi connectivity index (χ1v) is 9.91. The maximum Gasteiger partial charge on any atom is 0.122 e. The Labute approximate surface area is 149 Å². The highest BCUT2D eigenvalue weighted by molar-refractivity contribution is 5.48. The topological polar surface area (TPSA) is 40.5 Å². The molecule has 0 aromatic heterocycles. The van der Waals surface area contributed by atoms with Crippen LogP contribution in [-0.4, -0.2) is 10.2 Å². The average molecular weight is 335 g/mol. The molecule has 0 aliphatic carbocycles. The highest BCUT2D eigenvalue weighted by Gasteiger charge is 2.21. The molecule has 1 rings (SSSR count). The molecule has 0 saturated heterocycles. The first-order chi connectivity index (χ1) is 11.4. The Hall–Kier alpha value is -1.18. The van der Waals surface area contributed by atoms with E-state index in [1.54, 1.807) is 12.1 Å². The summed E-state index contributed by atoms with van der Waals surface area (Å²) in [6.07, 6.45) is 13.9. The molecule has 138 valence electrons. The molecule has 0 spiro atoms. The summed E-state index contributed by atoms with van der Waals surface area (Å²) in [5.41, 5.74) is 1.57. The molecular formula is C22H38O2. The normalized spacial score (nSPS) is 11.8. The molecule has 0 aliphatic heterocycles. The van der Waals surface area contributed by atoms with Crippen molar-refractivity contribution < 1.29 is 10.2 Å². The number of benzene rings is 1. The van der Waals surface area contributed by atoms with Crippen molar-refractivity contribution >= 4 is 0 Å². The summed E-state index contributed by atoms with van der Waals surface area (Å²) in [5.74, 6) is 0.635. The van der Waals surface area contributed by atoms with E-state index in [2.05, 4.69) is 27.7 Å². The molecule has 1 aromatic rings. The first-order valence-electron chi connectivity index (χ1n) is 9.91. The van der Waals surface area contributed by atoms with Crippen molar-refractivity contribution in [1.82, 2.24) is 0 Å². The molecule has 0 fully saturated rings. The van der Waals surface area contributed by atoms with E-state index in [9.17, 15) is 10.2 Å². The van der Waals surface area contributed by atoms with Crippen molar-refractivity contribution in [1.29, 1.82) is 0 Å². The van der Waals surface area contributed by atoms with Crippen LogP contribution in [0.1, 0.15) is 103 Å². The van der Waals surface area contributed by atoms with Crippen LogP contribution in [0, 0.1) is 0 Å². The van der Waals surface area contributed by atoms with Gasteiger partial charge < -0.3 is 10.2 Å². The number of rotatable bonds is 11. The van der Waals surface area contributed by atoms with E-state index in [-0.39, 0.29) is 11.2 Å². The zero-order valence-corrected chi connectivity index (χ0v) is 16.3. The lowest BCUT2D eigenvalue weighted by Gasteiger charge is -2.22. The van der Waals surface area contributed by atoms with Gasteiger partial charge in [0.15, 0.2) is 0 Å². The Balaban J connectivity index is 2.30. The Morgan fingerprint density at radius 2 is 1.25 bits per heavy atom. The third-order valence-corrected chi connectivity index (χ3v) is 4.78. The van der Waals surface area contributed by atoms with E-state index in [1.807, 2.05) is 0 Å². The Kier molecular flexibility index (Phi) is 9.25. The lowest BCUT2D eigenvalue weighted by Crippen LogP contribution is -2.12. The molecule has 2 nitrogen and oxygen atoms in total. The van der Waals surface area contributed by atoms with Crippen molar-refractivity contribution in [3.63, 3.8) is 0 Å². The van der Waals surface area contributed by atoms with Crippen molar-refractivity contribution in [2.24, 2.45) is 0 Å². The van der Waals surface area contributed by atoms with Gasteiger partial charge in [-0.3, -0.25) is 0 Å². The van der Waals surface area contributed by atoms with Crippen LogP contribution < -0.4 is 0 Å². The Bertz CT molecular complexity index is 472. The standard InChI is InChI=1S/C22H38O2/c1-5-6-7-8-9-10-11-12-13-14-15-18-16-19(23)17-20(21(18)24)22(2,3)4/h16-17,23-24H,5-15H2,1-4H3. The third-order valence-electron chi connectivity index (χ3n) is 4.78. The average Bonchev–Trinajstić information content (AvgIpc) is 2.51. The summed E-state index contributed by atoms with van der Waals surface area (Å²) in [6.45, 7) is 8.44. The van der Waals surface area contributed by atoms with Crippen molar-refractivity contribution in [3.05, 3.63) is 23.3 Å². The van der Waals surface area contributed by atoms with E-state index in [0.717, 1.165) is 24.0 Å². The van der Waals surface area contributed by atoms with Gasteiger partial charge in [0, 0.05) is 5.56 Å². The van der Waals surface area contributed by atoms with Crippen LogP contribution in [0.25, 0.3) is 0 Å². The maximum atomic E-state index is 10.5. The van der Waals surface area contributed by atoms with Gasteiger partial charge in [-0.15, -0.1) is 0 Å². The first kappa shape index (κ1) is 20.9. The van der Waals surface area contributed by atoms with E-state index in [0.29, 0.717) is 5.75 Å². The molecule has 0 radical (unpaired) electrons. The fraction of sp³-hybridized carbons (Fsp3) is 0.727. The molecule has 0 saturated carbocycles. The highest BCUT2D eigenvalue weighted by Crippen LogP contribution is 2.37. The summed E-state index contributed by atoms with van der Waals surface area (Å²) < 4.78 is 0. The predicted molar refractivity (Wildman–Crippen MR) is 104 cm³/mol. The molecule has 0 aliphatic rings. The number of hydrogen-bond donors (Lipinski definition) is 2.